The number of pyridine rings is 1. The molecule has 0 bridgehead atoms. The molecule has 0 N–H and O–H groups in total. The van der Waals surface area contributed by atoms with E-state index >= 15 is 0 Å². The summed E-state index contributed by atoms with van der Waals surface area (Å²) >= 11 is 1.88. The highest BCUT2D eigenvalue weighted by Gasteiger charge is 2.23. The SMILES string of the molecule is c1ccc(-c2ccccc2N(c2ccc3c(c2)c2ccc4cccc5c6ccccc6n3c2c45)c2cccc3c2sc2ccccc23)cc1. The molecule has 228 valence electrons. The number of hydrogen-bond donors (Lipinski definition) is 0. The Hall–Kier alpha value is -6.16. The largest absolute Gasteiger partial charge is 0.308 e. The topological polar surface area (TPSA) is 7.65 Å². The van der Waals surface area contributed by atoms with E-state index in [2.05, 4.69) is 179 Å². The fourth-order valence-corrected chi connectivity index (χ4v) is 9.43. The highest BCUT2D eigenvalue weighted by molar-refractivity contribution is 7.26. The van der Waals surface area contributed by atoms with Crippen LogP contribution in [0.25, 0.3) is 80.2 Å². The molecule has 0 aliphatic rings. The molecule has 0 saturated heterocycles. The predicted molar refractivity (Wildman–Crippen MR) is 212 cm³/mol. The van der Waals surface area contributed by atoms with Crippen LogP contribution in [-0.2, 0) is 0 Å². The molecule has 0 atom stereocenters. The van der Waals surface area contributed by atoms with E-state index in [1.807, 2.05) is 11.3 Å². The third-order valence-corrected chi connectivity index (χ3v) is 11.5. The fourth-order valence-electron chi connectivity index (χ4n) is 8.22. The van der Waals surface area contributed by atoms with E-state index in [4.69, 9.17) is 0 Å². The molecule has 8 aromatic carbocycles. The minimum absolute atomic E-state index is 1.14. The van der Waals surface area contributed by atoms with Crippen molar-refractivity contribution in [3.63, 3.8) is 0 Å². The van der Waals surface area contributed by atoms with Gasteiger partial charge in [0.1, 0.15) is 0 Å². The van der Waals surface area contributed by atoms with E-state index in [0.29, 0.717) is 0 Å². The maximum Gasteiger partial charge on any atom is 0.0640 e. The van der Waals surface area contributed by atoms with Crippen molar-refractivity contribution in [1.82, 2.24) is 4.40 Å². The second-order valence-corrected chi connectivity index (χ2v) is 13.9. The van der Waals surface area contributed by atoms with Gasteiger partial charge in [0.05, 0.1) is 32.6 Å². The summed E-state index contributed by atoms with van der Waals surface area (Å²) in [5.41, 5.74) is 9.64. The molecule has 0 fully saturated rings. The Morgan fingerprint density at radius 2 is 1.16 bits per heavy atom. The van der Waals surface area contributed by atoms with Gasteiger partial charge in [0.2, 0.25) is 0 Å². The van der Waals surface area contributed by atoms with Gasteiger partial charge in [-0.2, -0.15) is 0 Å². The Morgan fingerprint density at radius 3 is 2.10 bits per heavy atom. The van der Waals surface area contributed by atoms with Gasteiger partial charge in [-0.15, -0.1) is 11.3 Å². The average Bonchev–Trinajstić information content (AvgIpc) is 3.72. The third kappa shape index (κ3) is 3.76. The number of thiophene rings is 1. The standard InChI is InChI=1S/C46H28N2S/c1-2-12-29(13-3-1)32-15-4-7-20-39(32)47(42-22-11-19-37-34-17-6-9-23-43(34)49-46(37)42)31-25-27-41-38(28-31)36-26-24-30-14-10-18-35-33-16-5-8-21-40(33)48(41)45(36)44(30)35/h1-28H. The Bertz CT molecular complexity index is 3040. The van der Waals surface area contributed by atoms with Crippen molar-refractivity contribution in [3.05, 3.63) is 170 Å². The first-order chi connectivity index (χ1) is 24.3. The van der Waals surface area contributed by atoms with Gasteiger partial charge in [-0.25, -0.2) is 0 Å². The van der Waals surface area contributed by atoms with Crippen molar-refractivity contribution < 1.29 is 0 Å². The Labute approximate surface area is 286 Å². The monoisotopic (exact) mass is 640 g/mol. The molecule has 0 amide bonds. The first-order valence-corrected chi connectivity index (χ1v) is 17.6. The van der Waals surface area contributed by atoms with Crippen molar-refractivity contribution >= 4 is 97.4 Å². The lowest BCUT2D eigenvalue weighted by atomic mass is 9.98. The molecule has 2 nitrogen and oxygen atoms in total. The molecule has 3 aromatic heterocycles. The van der Waals surface area contributed by atoms with Gasteiger partial charge in [0, 0.05) is 48.3 Å². The zero-order chi connectivity index (χ0) is 32.1. The summed E-state index contributed by atoms with van der Waals surface area (Å²) < 4.78 is 5.09. The highest BCUT2D eigenvalue weighted by Crippen LogP contribution is 2.49. The maximum atomic E-state index is 2.49. The maximum absolute atomic E-state index is 2.49. The lowest BCUT2D eigenvalue weighted by Gasteiger charge is -2.28. The number of anilines is 3. The normalized spacial score (nSPS) is 12.1. The van der Waals surface area contributed by atoms with Gasteiger partial charge in [-0.05, 0) is 58.8 Å². The summed E-state index contributed by atoms with van der Waals surface area (Å²) in [5, 5.41) is 10.3. The van der Waals surface area contributed by atoms with E-state index in [0.717, 1.165) is 11.4 Å². The fraction of sp³-hybridized carbons (Fsp3) is 0. The van der Waals surface area contributed by atoms with Crippen LogP contribution in [0, 0.1) is 0 Å². The van der Waals surface area contributed by atoms with Crippen LogP contribution in [0.3, 0.4) is 0 Å². The van der Waals surface area contributed by atoms with Crippen LogP contribution < -0.4 is 4.90 Å². The molecule has 0 aliphatic heterocycles. The molecule has 0 radical (unpaired) electrons. The Kier molecular flexibility index (Phi) is 5.57. The number of benzene rings is 8. The molecule has 3 heteroatoms. The lowest BCUT2D eigenvalue weighted by Crippen LogP contribution is -2.11. The van der Waals surface area contributed by atoms with E-state index < -0.39 is 0 Å². The molecular weight excluding hydrogens is 613 g/mol. The van der Waals surface area contributed by atoms with Crippen LogP contribution in [-0.4, -0.2) is 4.40 Å². The predicted octanol–water partition coefficient (Wildman–Crippen LogP) is 13.5. The minimum Gasteiger partial charge on any atom is -0.308 e. The summed E-state index contributed by atoms with van der Waals surface area (Å²) in [5.74, 6) is 0. The first kappa shape index (κ1) is 26.9. The average molecular weight is 641 g/mol. The molecule has 49 heavy (non-hydrogen) atoms. The van der Waals surface area contributed by atoms with Gasteiger partial charge in [0.15, 0.2) is 0 Å². The van der Waals surface area contributed by atoms with Gasteiger partial charge >= 0.3 is 0 Å². The lowest BCUT2D eigenvalue weighted by molar-refractivity contribution is 1.30. The quantitative estimate of drug-likeness (QED) is 0.137. The number of aromatic nitrogens is 1. The van der Waals surface area contributed by atoms with Crippen molar-refractivity contribution in [3.8, 4) is 11.1 Å². The van der Waals surface area contributed by atoms with Crippen molar-refractivity contribution in [2.24, 2.45) is 0 Å². The molecule has 0 saturated carbocycles. The second-order valence-electron chi connectivity index (χ2n) is 12.9. The number of nitrogens with zero attached hydrogens (tertiary/aromatic N) is 2. The van der Waals surface area contributed by atoms with Crippen molar-refractivity contribution in [2.75, 3.05) is 4.90 Å². The Morgan fingerprint density at radius 1 is 0.449 bits per heavy atom. The highest BCUT2D eigenvalue weighted by atomic mass is 32.1. The van der Waals surface area contributed by atoms with Crippen LogP contribution >= 0.6 is 11.3 Å². The van der Waals surface area contributed by atoms with Crippen molar-refractivity contribution in [2.45, 2.75) is 0 Å². The molecule has 0 spiro atoms. The number of hydrogen-bond acceptors (Lipinski definition) is 2. The second kappa shape index (κ2) is 10.2. The zero-order valence-electron chi connectivity index (χ0n) is 26.5. The number of rotatable bonds is 4. The zero-order valence-corrected chi connectivity index (χ0v) is 27.3. The molecule has 0 unspecified atom stereocenters. The minimum atomic E-state index is 1.14. The van der Waals surface area contributed by atoms with E-state index in [-0.39, 0.29) is 0 Å². The van der Waals surface area contributed by atoms with Crippen LogP contribution in [0.15, 0.2) is 170 Å². The van der Waals surface area contributed by atoms with E-state index in [1.54, 1.807) is 0 Å². The van der Waals surface area contributed by atoms with E-state index in [1.165, 1.54) is 85.9 Å². The summed E-state index contributed by atoms with van der Waals surface area (Å²) in [6.07, 6.45) is 0. The number of fused-ring (bicyclic) bond motifs is 9. The van der Waals surface area contributed by atoms with Crippen LogP contribution in [0.5, 0.6) is 0 Å². The molecule has 11 rings (SSSR count). The van der Waals surface area contributed by atoms with Crippen LogP contribution in [0.1, 0.15) is 0 Å². The molecule has 11 aromatic rings. The molecule has 0 aliphatic carbocycles. The first-order valence-electron chi connectivity index (χ1n) is 16.8. The smallest absolute Gasteiger partial charge is 0.0640 e. The summed E-state index contributed by atoms with van der Waals surface area (Å²) in [7, 11) is 0. The van der Waals surface area contributed by atoms with Gasteiger partial charge in [0.25, 0.3) is 0 Å². The third-order valence-electron chi connectivity index (χ3n) is 10.3. The van der Waals surface area contributed by atoms with Gasteiger partial charge < -0.3 is 9.30 Å². The van der Waals surface area contributed by atoms with Gasteiger partial charge in [-0.3, -0.25) is 0 Å². The summed E-state index contributed by atoms with van der Waals surface area (Å²) in [4.78, 5) is 2.49. The molecule has 3 heterocycles. The summed E-state index contributed by atoms with van der Waals surface area (Å²) in [6, 6.07) is 62.4. The van der Waals surface area contributed by atoms with Gasteiger partial charge in [-0.1, -0.05) is 127 Å². The van der Waals surface area contributed by atoms with Crippen molar-refractivity contribution in [1.29, 1.82) is 0 Å². The van der Waals surface area contributed by atoms with E-state index in [9.17, 15) is 0 Å². The molecular formula is C46H28N2S. The number of para-hydroxylation sites is 2. The van der Waals surface area contributed by atoms with Crippen LogP contribution in [0.2, 0.25) is 0 Å². The summed E-state index contributed by atoms with van der Waals surface area (Å²) in [6.45, 7) is 0. The van der Waals surface area contributed by atoms with Crippen LogP contribution in [0.4, 0.5) is 17.1 Å². The Balaban J connectivity index is 1.26.